The fourth-order valence-electron chi connectivity index (χ4n) is 1.87. The van der Waals surface area contributed by atoms with E-state index in [4.69, 9.17) is 0 Å². The highest BCUT2D eigenvalue weighted by atomic mass is 14.9. The van der Waals surface area contributed by atoms with Gasteiger partial charge in [0, 0.05) is 24.4 Å². The van der Waals surface area contributed by atoms with Gasteiger partial charge in [0.1, 0.15) is 0 Å². The van der Waals surface area contributed by atoms with Crippen molar-refractivity contribution < 1.29 is 0 Å². The predicted molar refractivity (Wildman–Crippen MR) is 53.6 cm³/mol. The van der Waals surface area contributed by atoms with Gasteiger partial charge in [-0.05, 0) is 31.5 Å². The van der Waals surface area contributed by atoms with Gasteiger partial charge in [-0.15, -0.1) is 0 Å². The van der Waals surface area contributed by atoms with Crippen molar-refractivity contribution in [3.8, 4) is 0 Å². The summed E-state index contributed by atoms with van der Waals surface area (Å²) >= 11 is 0. The molecule has 13 heavy (non-hydrogen) atoms. The third kappa shape index (κ3) is 2.52. The molecule has 0 spiro atoms. The molecule has 0 amide bonds. The van der Waals surface area contributed by atoms with E-state index in [1.54, 1.807) is 0 Å². The highest BCUT2D eigenvalue weighted by Crippen LogP contribution is 2.10. The molecule has 1 aliphatic rings. The molecule has 2 nitrogen and oxygen atoms in total. The lowest BCUT2D eigenvalue weighted by molar-refractivity contribution is 0.397. The number of piperidine rings is 1. The lowest BCUT2D eigenvalue weighted by atomic mass is 10.0. The summed E-state index contributed by atoms with van der Waals surface area (Å²) in [6, 6.07) is 6.79. The van der Waals surface area contributed by atoms with Crippen molar-refractivity contribution in [2.24, 2.45) is 0 Å². The predicted octanol–water partition coefficient (Wildman–Crippen LogP) is 1.77. The number of rotatable bonds is 2. The molecule has 0 saturated carbocycles. The minimum atomic E-state index is 0.656. The molecule has 0 aromatic carbocycles. The van der Waals surface area contributed by atoms with Gasteiger partial charge in [0.15, 0.2) is 0 Å². The second-order valence-corrected chi connectivity index (χ2v) is 3.67. The Bertz CT molecular complexity index is 240. The molecular weight excluding hydrogens is 160 g/mol. The molecule has 1 unspecified atom stereocenters. The Hall–Kier alpha value is -0.890. The number of hydrogen-bond acceptors (Lipinski definition) is 2. The van der Waals surface area contributed by atoms with Crippen molar-refractivity contribution >= 4 is 0 Å². The third-order valence-electron chi connectivity index (χ3n) is 2.59. The molecule has 1 aromatic rings. The van der Waals surface area contributed by atoms with Crippen LogP contribution in [0.4, 0.5) is 0 Å². The molecule has 1 aliphatic heterocycles. The normalized spacial score (nSPS) is 22.9. The Labute approximate surface area is 79.4 Å². The van der Waals surface area contributed by atoms with E-state index in [2.05, 4.69) is 22.4 Å². The monoisotopic (exact) mass is 176 g/mol. The minimum absolute atomic E-state index is 0.656. The van der Waals surface area contributed by atoms with Gasteiger partial charge < -0.3 is 5.32 Å². The van der Waals surface area contributed by atoms with Gasteiger partial charge in [-0.3, -0.25) is 4.98 Å². The van der Waals surface area contributed by atoms with Crippen LogP contribution in [0.1, 0.15) is 25.0 Å². The fraction of sp³-hybridized carbons (Fsp3) is 0.545. The highest BCUT2D eigenvalue weighted by molar-refractivity contribution is 5.05. The molecule has 1 aromatic heterocycles. The van der Waals surface area contributed by atoms with Crippen LogP contribution in [0.3, 0.4) is 0 Å². The van der Waals surface area contributed by atoms with E-state index in [0.29, 0.717) is 6.04 Å². The summed E-state index contributed by atoms with van der Waals surface area (Å²) in [5, 5.41) is 3.53. The number of hydrogen-bond donors (Lipinski definition) is 1. The molecule has 2 heterocycles. The molecule has 0 radical (unpaired) electrons. The van der Waals surface area contributed by atoms with E-state index in [1.165, 1.54) is 31.5 Å². The maximum absolute atomic E-state index is 4.33. The summed E-state index contributed by atoms with van der Waals surface area (Å²) in [4.78, 5) is 4.33. The van der Waals surface area contributed by atoms with Crippen LogP contribution in [0.5, 0.6) is 0 Å². The molecule has 1 fully saturated rings. The average Bonchev–Trinajstić information content (AvgIpc) is 2.21. The van der Waals surface area contributed by atoms with E-state index < -0.39 is 0 Å². The zero-order valence-electron chi connectivity index (χ0n) is 7.87. The zero-order valence-corrected chi connectivity index (χ0v) is 7.87. The summed E-state index contributed by atoms with van der Waals surface area (Å²) in [6.45, 7) is 1.18. The van der Waals surface area contributed by atoms with Crippen molar-refractivity contribution in [1.29, 1.82) is 0 Å². The average molecular weight is 176 g/mol. The van der Waals surface area contributed by atoms with Gasteiger partial charge in [0.25, 0.3) is 0 Å². The molecule has 70 valence electrons. The lowest BCUT2D eigenvalue weighted by Crippen LogP contribution is -2.35. The highest BCUT2D eigenvalue weighted by Gasteiger charge is 2.12. The third-order valence-corrected chi connectivity index (χ3v) is 2.59. The first-order valence-corrected chi connectivity index (χ1v) is 5.08. The Morgan fingerprint density at radius 1 is 1.38 bits per heavy atom. The standard InChI is InChI=1S/C11H16N2/c1-3-7-12-10(5-1)9-11-6-2-4-8-13-11/h1,3,5,7,11,13H,2,4,6,8-9H2. The second-order valence-electron chi connectivity index (χ2n) is 3.67. The van der Waals surface area contributed by atoms with Crippen LogP contribution in [0.25, 0.3) is 0 Å². The van der Waals surface area contributed by atoms with E-state index in [9.17, 15) is 0 Å². The Balaban J connectivity index is 1.90. The van der Waals surface area contributed by atoms with Crippen LogP contribution in [-0.4, -0.2) is 17.6 Å². The number of nitrogens with one attached hydrogen (secondary N) is 1. The van der Waals surface area contributed by atoms with Crippen molar-refractivity contribution in [2.75, 3.05) is 6.54 Å². The van der Waals surface area contributed by atoms with Crippen molar-refractivity contribution in [3.05, 3.63) is 30.1 Å². The maximum Gasteiger partial charge on any atom is 0.0419 e. The first kappa shape index (κ1) is 8.70. The van der Waals surface area contributed by atoms with Crippen LogP contribution in [0.2, 0.25) is 0 Å². The van der Waals surface area contributed by atoms with Crippen LogP contribution in [0.15, 0.2) is 24.4 Å². The fourth-order valence-corrected chi connectivity index (χ4v) is 1.87. The summed E-state index contributed by atoms with van der Waals surface area (Å²) in [5.74, 6) is 0. The van der Waals surface area contributed by atoms with E-state index >= 15 is 0 Å². The topological polar surface area (TPSA) is 24.9 Å². The van der Waals surface area contributed by atoms with Crippen LogP contribution in [-0.2, 0) is 6.42 Å². The molecule has 2 rings (SSSR count). The molecule has 0 aliphatic carbocycles. The smallest absolute Gasteiger partial charge is 0.0419 e. The van der Waals surface area contributed by atoms with Crippen LogP contribution in [0, 0.1) is 0 Å². The Morgan fingerprint density at radius 3 is 3.08 bits per heavy atom. The first-order chi connectivity index (χ1) is 6.45. The van der Waals surface area contributed by atoms with Crippen molar-refractivity contribution in [3.63, 3.8) is 0 Å². The van der Waals surface area contributed by atoms with Crippen molar-refractivity contribution in [1.82, 2.24) is 10.3 Å². The summed E-state index contributed by atoms with van der Waals surface area (Å²) < 4.78 is 0. The Morgan fingerprint density at radius 2 is 2.38 bits per heavy atom. The van der Waals surface area contributed by atoms with Crippen molar-refractivity contribution in [2.45, 2.75) is 31.7 Å². The summed E-state index contributed by atoms with van der Waals surface area (Å²) in [6.07, 6.45) is 6.96. The maximum atomic E-state index is 4.33. The zero-order chi connectivity index (χ0) is 8.93. The Kier molecular flexibility index (Phi) is 2.93. The first-order valence-electron chi connectivity index (χ1n) is 5.08. The van der Waals surface area contributed by atoms with Crippen LogP contribution < -0.4 is 5.32 Å². The quantitative estimate of drug-likeness (QED) is 0.742. The largest absolute Gasteiger partial charge is 0.314 e. The number of nitrogens with zero attached hydrogens (tertiary/aromatic N) is 1. The molecule has 1 saturated heterocycles. The van der Waals surface area contributed by atoms with Gasteiger partial charge in [-0.1, -0.05) is 12.5 Å². The minimum Gasteiger partial charge on any atom is -0.314 e. The molecule has 1 atom stereocenters. The molecular formula is C11H16N2. The summed E-state index contributed by atoms with van der Waals surface area (Å²) in [5.41, 5.74) is 1.21. The molecule has 2 heteroatoms. The van der Waals surface area contributed by atoms with Gasteiger partial charge in [0.2, 0.25) is 0 Å². The van der Waals surface area contributed by atoms with E-state index in [0.717, 1.165) is 6.42 Å². The van der Waals surface area contributed by atoms with Gasteiger partial charge in [-0.25, -0.2) is 0 Å². The lowest BCUT2D eigenvalue weighted by Gasteiger charge is -2.22. The van der Waals surface area contributed by atoms with E-state index in [-0.39, 0.29) is 0 Å². The van der Waals surface area contributed by atoms with Gasteiger partial charge in [-0.2, -0.15) is 0 Å². The number of pyridine rings is 1. The van der Waals surface area contributed by atoms with Crippen LogP contribution >= 0.6 is 0 Å². The van der Waals surface area contributed by atoms with E-state index in [1.807, 2.05) is 12.3 Å². The second kappa shape index (κ2) is 4.38. The molecule has 0 bridgehead atoms. The van der Waals surface area contributed by atoms with Gasteiger partial charge >= 0.3 is 0 Å². The number of aromatic nitrogens is 1. The molecule has 1 N–H and O–H groups in total. The van der Waals surface area contributed by atoms with Gasteiger partial charge in [0.05, 0.1) is 0 Å². The summed E-state index contributed by atoms with van der Waals surface area (Å²) in [7, 11) is 0. The SMILES string of the molecule is c1ccc(CC2CCCCN2)nc1.